The van der Waals surface area contributed by atoms with Crippen LogP contribution in [0.5, 0.6) is 0 Å². The van der Waals surface area contributed by atoms with Crippen LogP contribution in [-0.2, 0) is 0 Å². The number of aromatic nitrogens is 3. The highest BCUT2D eigenvalue weighted by Crippen LogP contribution is 2.19. The Hall–Kier alpha value is -2.56. The number of hydrogen-bond donors (Lipinski definition) is 1. The lowest BCUT2D eigenvalue weighted by atomic mass is 10.1. The van der Waals surface area contributed by atoms with E-state index in [4.69, 9.17) is 0 Å². The summed E-state index contributed by atoms with van der Waals surface area (Å²) < 4.78 is 13.2. The van der Waals surface area contributed by atoms with Crippen molar-refractivity contribution < 1.29 is 4.39 Å². The van der Waals surface area contributed by atoms with Gasteiger partial charge in [0.15, 0.2) is 5.65 Å². The fourth-order valence-electron chi connectivity index (χ4n) is 2.02. The molecule has 1 N–H and O–H groups in total. The number of nitrogens with one attached hydrogen (secondary N) is 1. The molecule has 0 saturated carbocycles. The predicted molar refractivity (Wildman–Crippen MR) is 75.8 cm³/mol. The Morgan fingerprint density at radius 2 is 1.95 bits per heavy atom. The molecule has 1 aromatic carbocycles. The third-order valence-electron chi connectivity index (χ3n) is 3.04. The maximum atomic E-state index is 13.2. The SMILES string of the molecule is CC(Nc1ccc2nccnc2n1)c1cccc(F)c1. The Labute approximate surface area is 115 Å². The second-order valence-corrected chi connectivity index (χ2v) is 4.52. The van der Waals surface area contributed by atoms with Crippen molar-refractivity contribution in [2.45, 2.75) is 13.0 Å². The van der Waals surface area contributed by atoms with Crippen LogP contribution in [0.15, 0.2) is 48.8 Å². The van der Waals surface area contributed by atoms with Gasteiger partial charge in [0, 0.05) is 12.4 Å². The standard InChI is InChI=1S/C15H13FN4/c1-10(11-3-2-4-12(16)9-11)19-14-6-5-13-15(20-14)18-8-7-17-13/h2-10H,1H3,(H,18,19,20). The summed E-state index contributed by atoms with van der Waals surface area (Å²) in [5.74, 6) is 0.447. The molecule has 0 aliphatic rings. The summed E-state index contributed by atoms with van der Waals surface area (Å²) in [5.41, 5.74) is 2.20. The predicted octanol–water partition coefficient (Wildman–Crippen LogP) is 3.34. The number of pyridine rings is 1. The maximum Gasteiger partial charge on any atom is 0.180 e. The highest BCUT2D eigenvalue weighted by atomic mass is 19.1. The normalized spacial score (nSPS) is 12.3. The number of hydrogen-bond acceptors (Lipinski definition) is 4. The average molecular weight is 268 g/mol. The summed E-state index contributed by atoms with van der Waals surface area (Å²) in [5, 5.41) is 3.23. The van der Waals surface area contributed by atoms with Crippen LogP contribution < -0.4 is 5.32 Å². The molecule has 0 bridgehead atoms. The minimum Gasteiger partial charge on any atom is -0.363 e. The van der Waals surface area contributed by atoms with Gasteiger partial charge in [0.05, 0.1) is 6.04 Å². The van der Waals surface area contributed by atoms with E-state index in [-0.39, 0.29) is 11.9 Å². The zero-order chi connectivity index (χ0) is 13.9. The Balaban J connectivity index is 1.85. The molecule has 100 valence electrons. The molecule has 0 aliphatic heterocycles. The number of nitrogens with zero attached hydrogens (tertiary/aromatic N) is 3. The lowest BCUT2D eigenvalue weighted by Crippen LogP contribution is -2.08. The van der Waals surface area contributed by atoms with Gasteiger partial charge in [-0.1, -0.05) is 12.1 Å². The van der Waals surface area contributed by atoms with Crippen molar-refractivity contribution in [3.05, 3.63) is 60.2 Å². The summed E-state index contributed by atoms with van der Waals surface area (Å²) in [7, 11) is 0. The molecule has 4 nitrogen and oxygen atoms in total. The monoisotopic (exact) mass is 268 g/mol. The van der Waals surface area contributed by atoms with Gasteiger partial charge in [-0.3, -0.25) is 4.98 Å². The van der Waals surface area contributed by atoms with Crippen molar-refractivity contribution in [1.82, 2.24) is 15.0 Å². The van der Waals surface area contributed by atoms with E-state index in [1.54, 1.807) is 18.5 Å². The third kappa shape index (κ3) is 2.56. The first-order valence-corrected chi connectivity index (χ1v) is 6.32. The van der Waals surface area contributed by atoms with E-state index in [1.807, 2.05) is 25.1 Å². The first kappa shape index (κ1) is 12.5. The third-order valence-corrected chi connectivity index (χ3v) is 3.04. The van der Waals surface area contributed by atoms with Crippen LogP contribution in [0.2, 0.25) is 0 Å². The maximum absolute atomic E-state index is 13.2. The van der Waals surface area contributed by atoms with Crippen molar-refractivity contribution in [3.8, 4) is 0 Å². The van der Waals surface area contributed by atoms with E-state index in [0.717, 1.165) is 11.1 Å². The first-order valence-electron chi connectivity index (χ1n) is 6.32. The van der Waals surface area contributed by atoms with Gasteiger partial charge >= 0.3 is 0 Å². The number of anilines is 1. The summed E-state index contributed by atoms with van der Waals surface area (Å²) in [6, 6.07) is 10.2. The Morgan fingerprint density at radius 1 is 1.10 bits per heavy atom. The largest absolute Gasteiger partial charge is 0.363 e. The minimum absolute atomic E-state index is 0.0488. The first-order chi connectivity index (χ1) is 9.72. The number of halogens is 1. The molecule has 0 spiro atoms. The average Bonchev–Trinajstić information content (AvgIpc) is 2.47. The molecule has 0 radical (unpaired) electrons. The molecule has 5 heteroatoms. The zero-order valence-electron chi connectivity index (χ0n) is 10.9. The van der Waals surface area contributed by atoms with Crippen molar-refractivity contribution in [2.24, 2.45) is 0 Å². The second-order valence-electron chi connectivity index (χ2n) is 4.52. The van der Waals surface area contributed by atoms with E-state index >= 15 is 0 Å². The smallest absolute Gasteiger partial charge is 0.180 e. The van der Waals surface area contributed by atoms with E-state index in [9.17, 15) is 4.39 Å². The number of fused-ring (bicyclic) bond motifs is 1. The molecule has 2 aromatic heterocycles. The van der Waals surface area contributed by atoms with Gasteiger partial charge in [-0.25, -0.2) is 14.4 Å². The van der Waals surface area contributed by atoms with Crippen molar-refractivity contribution >= 4 is 17.0 Å². The van der Waals surface area contributed by atoms with Gasteiger partial charge in [-0.05, 0) is 36.8 Å². The lowest BCUT2D eigenvalue weighted by Gasteiger charge is -2.15. The summed E-state index contributed by atoms with van der Waals surface area (Å²) in [6.07, 6.45) is 3.24. The van der Waals surface area contributed by atoms with Crippen LogP contribution in [0.1, 0.15) is 18.5 Å². The quantitative estimate of drug-likeness (QED) is 0.791. The molecule has 20 heavy (non-hydrogen) atoms. The highest BCUT2D eigenvalue weighted by molar-refractivity contribution is 5.71. The molecule has 3 rings (SSSR count). The lowest BCUT2D eigenvalue weighted by molar-refractivity contribution is 0.623. The molecule has 2 heterocycles. The van der Waals surface area contributed by atoms with Crippen LogP contribution in [-0.4, -0.2) is 15.0 Å². The topological polar surface area (TPSA) is 50.7 Å². The summed E-state index contributed by atoms with van der Waals surface area (Å²) >= 11 is 0. The number of rotatable bonds is 3. The van der Waals surface area contributed by atoms with Gasteiger partial charge in [0.25, 0.3) is 0 Å². The zero-order valence-corrected chi connectivity index (χ0v) is 10.9. The van der Waals surface area contributed by atoms with Gasteiger partial charge < -0.3 is 5.32 Å². The van der Waals surface area contributed by atoms with Crippen LogP contribution in [0.25, 0.3) is 11.2 Å². The fraction of sp³-hybridized carbons (Fsp3) is 0.133. The van der Waals surface area contributed by atoms with Gasteiger partial charge in [-0.2, -0.15) is 0 Å². The van der Waals surface area contributed by atoms with Gasteiger partial charge in [-0.15, -0.1) is 0 Å². The molecule has 0 aliphatic carbocycles. The molecule has 1 atom stereocenters. The van der Waals surface area contributed by atoms with Crippen LogP contribution >= 0.6 is 0 Å². The van der Waals surface area contributed by atoms with E-state index in [1.165, 1.54) is 12.1 Å². The number of benzene rings is 1. The Bertz CT molecular complexity index is 745. The molecule has 1 unspecified atom stereocenters. The summed E-state index contributed by atoms with van der Waals surface area (Å²) in [6.45, 7) is 1.96. The molecular formula is C15H13FN4. The molecule has 0 fully saturated rings. The van der Waals surface area contributed by atoms with Crippen LogP contribution in [0.3, 0.4) is 0 Å². The molecular weight excluding hydrogens is 255 g/mol. The van der Waals surface area contributed by atoms with Crippen LogP contribution in [0.4, 0.5) is 10.2 Å². The van der Waals surface area contributed by atoms with Crippen molar-refractivity contribution in [1.29, 1.82) is 0 Å². The molecule has 3 aromatic rings. The highest BCUT2D eigenvalue weighted by Gasteiger charge is 2.07. The molecule has 0 amide bonds. The van der Waals surface area contributed by atoms with Crippen molar-refractivity contribution in [2.75, 3.05) is 5.32 Å². The van der Waals surface area contributed by atoms with Crippen LogP contribution in [0, 0.1) is 5.82 Å². The van der Waals surface area contributed by atoms with Crippen molar-refractivity contribution in [3.63, 3.8) is 0 Å². The summed E-state index contributed by atoms with van der Waals surface area (Å²) in [4.78, 5) is 12.7. The fourth-order valence-corrected chi connectivity index (χ4v) is 2.02. The van der Waals surface area contributed by atoms with E-state index in [0.29, 0.717) is 11.5 Å². The van der Waals surface area contributed by atoms with Gasteiger partial charge in [0.1, 0.15) is 17.2 Å². The Kier molecular flexibility index (Phi) is 3.25. The van der Waals surface area contributed by atoms with E-state index in [2.05, 4.69) is 20.3 Å². The minimum atomic E-state index is -0.242. The van der Waals surface area contributed by atoms with Gasteiger partial charge in [0.2, 0.25) is 0 Å². The van der Waals surface area contributed by atoms with E-state index < -0.39 is 0 Å². The Morgan fingerprint density at radius 3 is 2.80 bits per heavy atom. The second kappa shape index (κ2) is 5.21. The molecule has 0 saturated heterocycles.